The lowest BCUT2D eigenvalue weighted by Crippen LogP contribution is -2.30. The monoisotopic (exact) mass is 1500 g/mol. The maximum absolute atomic E-state index is 13.1. The van der Waals surface area contributed by atoms with Crippen molar-refractivity contribution in [2.24, 2.45) is 0 Å². The topological polar surface area (TPSA) is 237 Å². The van der Waals surface area contributed by atoms with Crippen LogP contribution in [0.5, 0.6) is 0 Å². The maximum Gasteiger partial charge on any atom is 0.472 e. The quantitative estimate of drug-likeness (QED) is 0.0169. The zero-order chi connectivity index (χ0) is 76.0. The number of aliphatic hydroxyl groups is 1. The van der Waals surface area contributed by atoms with Gasteiger partial charge in [-0.05, 0) is 135 Å². The van der Waals surface area contributed by atoms with Crippen LogP contribution in [0.2, 0.25) is 0 Å². The van der Waals surface area contributed by atoms with Crippen molar-refractivity contribution in [2.75, 3.05) is 39.6 Å². The highest BCUT2D eigenvalue weighted by Crippen LogP contribution is 2.45. The normalized spacial score (nSPS) is 14.4. The average molecular weight is 1500 g/mol. The summed E-state index contributed by atoms with van der Waals surface area (Å²) in [7, 11) is -9.96. The van der Waals surface area contributed by atoms with Crippen molar-refractivity contribution in [1.82, 2.24) is 0 Å². The molecule has 5 atom stereocenters. The van der Waals surface area contributed by atoms with Crippen LogP contribution in [0, 0.1) is 0 Å². The Hall–Kier alpha value is -4.28. The van der Waals surface area contributed by atoms with E-state index in [-0.39, 0.29) is 25.7 Å². The first-order chi connectivity index (χ1) is 50.7. The summed E-state index contributed by atoms with van der Waals surface area (Å²) in [5, 5.41) is 10.6. The molecule has 0 rings (SSSR count). The standard InChI is InChI=1S/C85H148O17P2/c1-5-9-13-17-21-25-29-32-35-37-39-41-44-47-51-54-58-62-66-70-83(88)96-76-81(102-85(90)72-68-64-60-56-52-48-45-42-40-38-36-33-30-26-22-18-14-10-6-2)78-100-104(93,94)98-74-79(86)73-97-103(91,92)99-77-80(101-84(89)71-67-63-59-55-49-28-24-20-16-12-8-4)75-95-82(87)69-65-61-57-53-50-46-43-34-31-27-23-19-15-11-7-3/h11,15,21-23,25-27,32-36,39-43,79-81,86H,5-10,12-14,16-20,24,28-31,37-38,44-78H2,1-4H3,(H,91,92)(H,93,94)/b15-11-,25-21-,26-22-,27-23-,35-32-,36-33-,41-39-,42-40-,43-34-. The number of phosphoric acid groups is 2. The molecular formula is C85H148O17P2. The first kappa shape index (κ1) is 99.7. The fraction of sp³-hybridized carbons (Fsp3) is 0.741. The van der Waals surface area contributed by atoms with Crippen molar-refractivity contribution in [3.8, 4) is 0 Å². The molecule has 0 radical (unpaired) electrons. The summed E-state index contributed by atoms with van der Waals surface area (Å²) >= 11 is 0. The molecule has 0 bridgehead atoms. The summed E-state index contributed by atoms with van der Waals surface area (Å²) in [6.45, 7) is 4.69. The first-order valence-corrected chi connectivity index (χ1v) is 44.1. The Labute approximate surface area is 632 Å². The molecule has 104 heavy (non-hydrogen) atoms. The number of rotatable bonds is 77. The highest BCUT2D eigenvalue weighted by Gasteiger charge is 2.30. The zero-order valence-electron chi connectivity index (χ0n) is 65.7. The largest absolute Gasteiger partial charge is 0.472 e. The molecular weight excluding hydrogens is 1350 g/mol. The molecule has 17 nitrogen and oxygen atoms in total. The molecule has 0 aromatic rings. The zero-order valence-corrected chi connectivity index (χ0v) is 67.5. The summed E-state index contributed by atoms with van der Waals surface area (Å²) in [6.07, 6.45) is 83.4. The van der Waals surface area contributed by atoms with Gasteiger partial charge in [-0.3, -0.25) is 37.3 Å². The van der Waals surface area contributed by atoms with E-state index < -0.39 is 97.5 Å². The summed E-state index contributed by atoms with van der Waals surface area (Å²) < 4.78 is 68.6. The Morgan fingerprint density at radius 3 is 0.788 bits per heavy atom. The second-order valence-corrected chi connectivity index (χ2v) is 30.2. The second kappa shape index (κ2) is 76.9. The third-order valence-electron chi connectivity index (χ3n) is 17.2. The van der Waals surface area contributed by atoms with Crippen LogP contribution in [0.3, 0.4) is 0 Å². The predicted molar refractivity (Wildman–Crippen MR) is 427 cm³/mol. The molecule has 3 N–H and O–H groups in total. The van der Waals surface area contributed by atoms with Crippen molar-refractivity contribution < 1.29 is 80.2 Å². The molecule has 0 aliphatic rings. The van der Waals surface area contributed by atoms with E-state index in [4.69, 9.17) is 37.0 Å². The van der Waals surface area contributed by atoms with E-state index in [1.165, 1.54) is 77.0 Å². The van der Waals surface area contributed by atoms with Crippen molar-refractivity contribution in [2.45, 2.75) is 367 Å². The van der Waals surface area contributed by atoms with Gasteiger partial charge in [0.1, 0.15) is 19.3 Å². The number of unbranched alkanes of at least 4 members (excludes halogenated alkanes) is 33. The van der Waals surface area contributed by atoms with E-state index in [1.807, 2.05) is 0 Å². The van der Waals surface area contributed by atoms with E-state index in [0.29, 0.717) is 25.7 Å². The summed E-state index contributed by atoms with van der Waals surface area (Å²) in [4.78, 5) is 73.1. The van der Waals surface area contributed by atoms with E-state index in [1.54, 1.807) is 0 Å². The molecule has 0 heterocycles. The van der Waals surface area contributed by atoms with E-state index in [2.05, 4.69) is 137 Å². The Morgan fingerprint density at radius 1 is 0.279 bits per heavy atom. The number of ether oxygens (including phenoxy) is 4. The Kier molecular flexibility index (Phi) is 73.7. The predicted octanol–water partition coefficient (Wildman–Crippen LogP) is 24.1. The van der Waals surface area contributed by atoms with Gasteiger partial charge in [-0.25, -0.2) is 9.13 Å². The average Bonchev–Trinajstić information content (AvgIpc) is 0.928. The van der Waals surface area contributed by atoms with Gasteiger partial charge in [-0.15, -0.1) is 0 Å². The molecule has 0 amide bonds. The minimum absolute atomic E-state index is 0.0767. The van der Waals surface area contributed by atoms with Crippen molar-refractivity contribution >= 4 is 39.5 Å². The van der Waals surface area contributed by atoms with Crippen molar-refractivity contribution in [3.05, 3.63) is 109 Å². The van der Waals surface area contributed by atoms with Crippen LogP contribution in [0.25, 0.3) is 0 Å². The lowest BCUT2D eigenvalue weighted by molar-refractivity contribution is -0.161. The molecule has 19 heteroatoms. The van der Waals surface area contributed by atoms with Gasteiger partial charge in [-0.1, -0.05) is 298 Å². The minimum Gasteiger partial charge on any atom is -0.462 e. The number of phosphoric ester groups is 2. The summed E-state index contributed by atoms with van der Waals surface area (Å²) in [5.74, 6) is -2.20. The van der Waals surface area contributed by atoms with Crippen LogP contribution >= 0.6 is 15.6 Å². The smallest absolute Gasteiger partial charge is 0.462 e. The number of carbonyl (C=O) groups is 4. The molecule has 0 spiro atoms. The molecule has 0 fully saturated rings. The number of aliphatic hydroxyl groups excluding tert-OH is 1. The first-order valence-electron chi connectivity index (χ1n) is 41.1. The van der Waals surface area contributed by atoms with Crippen LogP contribution in [-0.2, 0) is 65.4 Å². The maximum atomic E-state index is 13.1. The fourth-order valence-electron chi connectivity index (χ4n) is 11.0. The molecule has 0 aromatic heterocycles. The van der Waals surface area contributed by atoms with Gasteiger partial charge in [-0.2, -0.15) is 0 Å². The summed E-state index contributed by atoms with van der Waals surface area (Å²) in [6, 6.07) is 0. The van der Waals surface area contributed by atoms with Crippen LogP contribution in [0.1, 0.15) is 349 Å². The molecule has 600 valence electrons. The number of hydrogen-bond donors (Lipinski definition) is 3. The van der Waals surface area contributed by atoms with Gasteiger partial charge in [0.05, 0.1) is 26.4 Å². The molecule has 0 aliphatic carbocycles. The fourth-order valence-corrected chi connectivity index (χ4v) is 12.5. The van der Waals surface area contributed by atoms with Crippen LogP contribution in [0.4, 0.5) is 0 Å². The van der Waals surface area contributed by atoms with Gasteiger partial charge in [0.25, 0.3) is 0 Å². The number of esters is 4. The van der Waals surface area contributed by atoms with Gasteiger partial charge >= 0.3 is 39.5 Å². The number of carbonyl (C=O) groups excluding carboxylic acids is 4. The molecule has 0 aliphatic heterocycles. The number of allylic oxidation sites excluding steroid dienone is 18. The number of hydrogen-bond acceptors (Lipinski definition) is 15. The highest BCUT2D eigenvalue weighted by molar-refractivity contribution is 7.47. The van der Waals surface area contributed by atoms with Crippen molar-refractivity contribution in [3.63, 3.8) is 0 Å². The molecule has 0 saturated carbocycles. The van der Waals surface area contributed by atoms with Crippen LogP contribution < -0.4 is 0 Å². The Morgan fingerprint density at radius 2 is 0.500 bits per heavy atom. The third kappa shape index (κ3) is 75.9. The van der Waals surface area contributed by atoms with Gasteiger partial charge in [0, 0.05) is 25.7 Å². The van der Waals surface area contributed by atoms with Crippen molar-refractivity contribution in [1.29, 1.82) is 0 Å². The minimum atomic E-state index is -4.99. The van der Waals surface area contributed by atoms with Crippen LogP contribution in [-0.4, -0.2) is 96.7 Å². The van der Waals surface area contributed by atoms with E-state index in [0.717, 1.165) is 193 Å². The second-order valence-electron chi connectivity index (χ2n) is 27.3. The molecule has 5 unspecified atom stereocenters. The Bertz CT molecular complexity index is 2390. The molecule has 0 saturated heterocycles. The lowest BCUT2D eigenvalue weighted by atomic mass is 10.1. The van der Waals surface area contributed by atoms with Crippen LogP contribution in [0.15, 0.2) is 109 Å². The van der Waals surface area contributed by atoms with Gasteiger partial charge < -0.3 is 33.8 Å². The molecule has 0 aromatic carbocycles. The third-order valence-corrected chi connectivity index (χ3v) is 19.1. The van der Waals surface area contributed by atoms with E-state index >= 15 is 0 Å². The SMILES string of the molecule is CC/C=C\C/C=C\C/C=C\CCCCCCCC(=O)OCC(COP(=O)(O)OCC(O)COP(=O)(O)OCC(COC(=O)CCCCCCCC/C=C\C/C=C\C/C=C\CCCCC)OC(=O)CCCCCCCC/C=C\C/C=C\C/C=C\CCCCC)OC(=O)CCCCCCCCCCCCC. The van der Waals surface area contributed by atoms with Gasteiger partial charge in [0.15, 0.2) is 12.2 Å². The highest BCUT2D eigenvalue weighted by atomic mass is 31.2. The Balaban J connectivity index is 5.36. The lowest BCUT2D eigenvalue weighted by Gasteiger charge is -2.21. The van der Waals surface area contributed by atoms with Gasteiger partial charge in [0.2, 0.25) is 0 Å². The summed E-state index contributed by atoms with van der Waals surface area (Å²) in [5.41, 5.74) is 0. The van der Waals surface area contributed by atoms with E-state index in [9.17, 15) is 43.2 Å².